The number of hydrogen-bond acceptors (Lipinski definition) is 6. The van der Waals surface area contributed by atoms with Crippen LogP contribution in [0.4, 0.5) is 16.2 Å². The largest absolute Gasteiger partial charge is 0.483 e. The highest BCUT2D eigenvalue weighted by Crippen LogP contribution is 2.25. The lowest BCUT2D eigenvalue weighted by Gasteiger charge is -2.27. The van der Waals surface area contributed by atoms with Crippen LogP contribution in [0.5, 0.6) is 0 Å². The number of cyclic esters (lactones) is 1. The third-order valence-electron chi connectivity index (χ3n) is 3.60. The number of carbonyl (C=O) groups excluding carboxylic acids is 2. The number of hydrogen-bond donors (Lipinski definition) is 2. The van der Waals surface area contributed by atoms with Gasteiger partial charge in [-0.3, -0.25) is 14.5 Å². The summed E-state index contributed by atoms with van der Waals surface area (Å²) in [5.41, 5.74) is 7.05. The summed E-state index contributed by atoms with van der Waals surface area (Å²) in [5.74, 6) is -0.0576. The van der Waals surface area contributed by atoms with Gasteiger partial charge in [0.05, 0.1) is 13.2 Å². The Labute approximate surface area is 138 Å². The van der Waals surface area contributed by atoms with Gasteiger partial charge in [0.25, 0.3) is 12.4 Å². The summed E-state index contributed by atoms with van der Waals surface area (Å²) in [5, 5.41) is 6.89. The molecular weight excluding hydrogens is 318 g/mol. The Kier molecular flexibility index (Phi) is 6.10. The zero-order valence-electron chi connectivity index (χ0n) is 13.0. The molecule has 3 rings (SSSR count). The van der Waals surface area contributed by atoms with E-state index in [1.54, 1.807) is 21.9 Å². The van der Waals surface area contributed by atoms with E-state index < -0.39 is 0 Å². The molecule has 2 heterocycles. The number of nitrogens with zero attached hydrogens (tertiary/aromatic N) is 2. The van der Waals surface area contributed by atoms with E-state index in [1.807, 2.05) is 12.1 Å². The molecule has 1 aromatic rings. The summed E-state index contributed by atoms with van der Waals surface area (Å²) < 4.78 is 10.2. The van der Waals surface area contributed by atoms with E-state index in [0.29, 0.717) is 26.2 Å². The molecule has 9 nitrogen and oxygen atoms in total. The molecule has 1 aromatic carbocycles. The van der Waals surface area contributed by atoms with Crippen LogP contribution >= 0.6 is 0 Å². The Morgan fingerprint density at radius 1 is 1.21 bits per heavy atom. The maximum atomic E-state index is 11.8. The molecule has 0 saturated carbocycles. The maximum Gasteiger partial charge on any atom is 0.414 e. The zero-order valence-corrected chi connectivity index (χ0v) is 13.0. The van der Waals surface area contributed by atoms with Crippen molar-refractivity contribution in [2.45, 2.75) is 6.10 Å². The highest BCUT2D eigenvalue weighted by molar-refractivity contribution is 5.95. The van der Waals surface area contributed by atoms with Gasteiger partial charge < -0.3 is 25.2 Å². The lowest BCUT2D eigenvalue weighted by atomic mass is 10.2. The summed E-state index contributed by atoms with van der Waals surface area (Å²) >= 11 is 0. The van der Waals surface area contributed by atoms with Crippen molar-refractivity contribution in [3.05, 3.63) is 24.3 Å². The Morgan fingerprint density at radius 2 is 1.79 bits per heavy atom. The molecule has 0 unspecified atom stereocenters. The van der Waals surface area contributed by atoms with E-state index in [-0.39, 0.29) is 31.2 Å². The summed E-state index contributed by atoms with van der Waals surface area (Å²) in [7, 11) is 0. The number of anilines is 2. The molecule has 0 aromatic heterocycles. The van der Waals surface area contributed by atoms with Gasteiger partial charge in [-0.15, -0.1) is 0 Å². The van der Waals surface area contributed by atoms with E-state index >= 15 is 0 Å². The van der Waals surface area contributed by atoms with Crippen molar-refractivity contribution in [1.82, 2.24) is 0 Å². The first kappa shape index (κ1) is 17.7. The lowest BCUT2D eigenvalue weighted by molar-refractivity contribution is -0.125. The number of benzene rings is 1. The van der Waals surface area contributed by atoms with Gasteiger partial charge in [0.2, 0.25) is 0 Å². The highest BCUT2D eigenvalue weighted by atomic mass is 16.6. The zero-order chi connectivity index (χ0) is 17.5. The van der Waals surface area contributed by atoms with Gasteiger partial charge in [-0.1, -0.05) is 0 Å². The third kappa shape index (κ3) is 4.00. The van der Waals surface area contributed by atoms with Gasteiger partial charge in [-0.05, 0) is 24.3 Å². The van der Waals surface area contributed by atoms with Crippen molar-refractivity contribution in [2.75, 3.05) is 42.6 Å². The second-order valence-corrected chi connectivity index (χ2v) is 5.07. The Hall–Kier alpha value is -2.65. The molecule has 130 valence electrons. The number of carbonyl (C=O) groups is 3. The first-order chi connectivity index (χ1) is 11.6. The molecule has 2 aliphatic heterocycles. The molecule has 1 atom stereocenters. The minimum Gasteiger partial charge on any atom is -0.483 e. The topological polar surface area (TPSA) is 122 Å². The average molecular weight is 337 g/mol. The van der Waals surface area contributed by atoms with Crippen molar-refractivity contribution in [3.8, 4) is 0 Å². The molecule has 24 heavy (non-hydrogen) atoms. The summed E-state index contributed by atoms with van der Waals surface area (Å²) in [6.07, 6.45) is -0.654. The lowest BCUT2D eigenvalue weighted by Crippen LogP contribution is -2.41. The number of amides is 2. The fraction of sp³-hybridized carbons (Fsp3) is 0.400. The van der Waals surface area contributed by atoms with Crippen LogP contribution in [0.2, 0.25) is 0 Å². The van der Waals surface area contributed by atoms with Gasteiger partial charge in [0, 0.05) is 24.5 Å². The number of rotatable bonds is 3. The van der Waals surface area contributed by atoms with Crippen molar-refractivity contribution < 1.29 is 29.0 Å². The molecule has 9 heteroatoms. The summed E-state index contributed by atoms with van der Waals surface area (Å²) in [6, 6.07) is 7.25. The number of ether oxygens (including phenoxy) is 2. The molecule has 0 radical (unpaired) electrons. The van der Waals surface area contributed by atoms with Crippen LogP contribution in [0.3, 0.4) is 0 Å². The minimum atomic E-state index is -0.388. The standard InChI is InChI=1S/C14H17N3O4.CH2O2/c15-7-12-8-17(14(19)21-12)11-3-1-10(2-4-11)16-5-6-20-9-13(16)18;2-1-3/h1-4,12H,5-9,15H2;1H,(H,2,3)/t12-;/m0./s1. The van der Waals surface area contributed by atoms with Gasteiger partial charge in [-0.2, -0.15) is 0 Å². The first-order valence-corrected chi connectivity index (χ1v) is 7.35. The fourth-order valence-corrected chi connectivity index (χ4v) is 2.46. The van der Waals surface area contributed by atoms with E-state index in [4.69, 9.17) is 25.1 Å². The predicted octanol–water partition coefficient (Wildman–Crippen LogP) is 0.0345. The highest BCUT2D eigenvalue weighted by Gasteiger charge is 2.31. The maximum absolute atomic E-state index is 11.8. The van der Waals surface area contributed by atoms with Crippen molar-refractivity contribution in [1.29, 1.82) is 0 Å². The number of carboxylic acid groups (broad SMARTS) is 1. The van der Waals surface area contributed by atoms with Crippen LogP contribution in [-0.2, 0) is 19.1 Å². The van der Waals surface area contributed by atoms with E-state index in [0.717, 1.165) is 11.4 Å². The van der Waals surface area contributed by atoms with Crippen LogP contribution < -0.4 is 15.5 Å². The summed E-state index contributed by atoms with van der Waals surface area (Å²) in [4.78, 5) is 35.1. The molecule has 0 bridgehead atoms. The second kappa shape index (κ2) is 8.27. The number of morpholine rings is 1. The van der Waals surface area contributed by atoms with Crippen LogP contribution in [0, 0.1) is 0 Å². The fourth-order valence-electron chi connectivity index (χ4n) is 2.46. The van der Waals surface area contributed by atoms with Crippen LogP contribution in [0.15, 0.2) is 24.3 Å². The van der Waals surface area contributed by atoms with Crippen molar-refractivity contribution in [3.63, 3.8) is 0 Å². The van der Waals surface area contributed by atoms with Gasteiger partial charge in [-0.25, -0.2) is 4.79 Å². The van der Waals surface area contributed by atoms with E-state index in [9.17, 15) is 9.59 Å². The van der Waals surface area contributed by atoms with E-state index in [1.165, 1.54) is 0 Å². The Balaban J connectivity index is 0.000000647. The van der Waals surface area contributed by atoms with Gasteiger partial charge in [0.1, 0.15) is 12.7 Å². The molecule has 3 N–H and O–H groups in total. The van der Waals surface area contributed by atoms with Gasteiger partial charge >= 0.3 is 6.09 Å². The second-order valence-electron chi connectivity index (χ2n) is 5.07. The molecule has 0 spiro atoms. The monoisotopic (exact) mass is 337 g/mol. The predicted molar refractivity (Wildman–Crippen MR) is 85.0 cm³/mol. The van der Waals surface area contributed by atoms with E-state index in [2.05, 4.69) is 0 Å². The molecule has 2 fully saturated rings. The number of nitrogens with two attached hydrogens (primary N) is 1. The summed E-state index contributed by atoms with van der Waals surface area (Å²) in [6.45, 7) is 1.69. The SMILES string of the molecule is NC[C@H]1CN(c2ccc(N3CCOCC3=O)cc2)C(=O)O1.O=CO. The third-order valence-corrected chi connectivity index (χ3v) is 3.60. The van der Waals surface area contributed by atoms with Crippen LogP contribution in [-0.4, -0.2) is 62.5 Å². The van der Waals surface area contributed by atoms with Crippen molar-refractivity contribution in [2.24, 2.45) is 5.73 Å². The minimum absolute atomic E-state index is 0.0576. The smallest absolute Gasteiger partial charge is 0.414 e. The quantitative estimate of drug-likeness (QED) is 0.746. The van der Waals surface area contributed by atoms with Crippen LogP contribution in [0.25, 0.3) is 0 Å². The molecule has 0 aliphatic carbocycles. The van der Waals surface area contributed by atoms with Gasteiger partial charge in [0.15, 0.2) is 0 Å². The van der Waals surface area contributed by atoms with Crippen molar-refractivity contribution >= 4 is 29.8 Å². The molecule has 2 amide bonds. The van der Waals surface area contributed by atoms with Crippen LogP contribution in [0.1, 0.15) is 0 Å². The average Bonchev–Trinajstić information content (AvgIpc) is 2.97. The normalized spacial score (nSPS) is 20.3. The Bertz CT molecular complexity index is 591. The molecule has 2 aliphatic rings. The molecular formula is C15H19N3O6. The Morgan fingerprint density at radius 3 is 2.29 bits per heavy atom. The molecule has 2 saturated heterocycles. The first-order valence-electron chi connectivity index (χ1n) is 7.35.